The maximum Gasteiger partial charge on any atom is 0.471 e. The highest BCUT2D eigenvalue weighted by Gasteiger charge is 2.41. The molecule has 0 heterocycles. The molecule has 0 aliphatic heterocycles. The van der Waals surface area contributed by atoms with Gasteiger partial charge < -0.3 is 10.1 Å². The van der Waals surface area contributed by atoms with Crippen molar-refractivity contribution in [1.29, 1.82) is 0 Å². The van der Waals surface area contributed by atoms with E-state index in [4.69, 9.17) is 0 Å². The Hall–Kier alpha value is -2.38. The van der Waals surface area contributed by atoms with E-state index in [1.807, 2.05) is 0 Å². The highest BCUT2D eigenvalue weighted by atomic mass is 19.4. The van der Waals surface area contributed by atoms with E-state index >= 15 is 0 Å². The zero-order valence-electron chi connectivity index (χ0n) is 10.9. The van der Waals surface area contributed by atoms with Crippen LogP contribution in [0.1, 0.15) is 16.8 Å². The van der Waals surface area contributed by atoms with Gasteiger partial charge in [0.1, 0.15) is 6.04 Å². The fourth-order valence-electron chi connectivity index (χ4n) is 1.50. The lowest BCUT2D eigenvalue weighted by Crippen LogP contribution is -2.47. The van der Waals surface area contributed by atoms with Crippen molar-refractivity contribution in [2.45, 2.75) is 18.6 Å². The summed E-state index contributed by atoms with van der Waals surface area (Å²) in [4.78, 5) is 34.2. The Kier molecular flexibility index (Phi) is 5.45. The fraction of sp³-hybridized carbons (Fsp3) is 0.308. The summed E-state index contributed by atoms with van der Waals surface area (Å²) in [6, 6.07) is 5.72. The average molecular weight is 303 g/mol. The molecule has 1 rings (SSSR count). The van der Waals surface area contributed by atoms with E-state index in [0.29, 0.717) is 0 Å². The number of benzene rings is 1. The van der Waals surface area contributed by atoms with Gasteiger partial charge in [-0.05, 0) is 0 Å². The molecule has 1 aromatic carbocycles. The number of ether oxygens (including phenoxy) is 1. The van der Waals surface area contributed by atoms with Crippen LogP contribution in [-0.2, 0) is 14.3 Å². The molecule has 1 atom stereocenters. The number of ketones is 1. The van der Waals surface area contributed by atoms with Crippen molar-refractivity contribution in [2.75, 3.05) is 7.11 Å². The van der Waals surface area contributed by atoms with Crippen LogP contribution in [0.3, 0.4) is 0 Å². The van der Waals surface area contributed by atoms with Crippen molar-refractivity contribution in [1.82, 2.24) is 5.32 Å². The van der Waals surface area contributed by atoms with Crippen LogP contribution in [0.15, 0.2) is 30.3 Å². The van der Waals surface area contributed by atoms with Crippen LogP contribution < -0.4 is 5.32 Å². The molecule has 114 valence electrons. The number of rotatable bonds is 5. The summed E-state index contributed by atoms with van der Waals surface area (Å²) in [6.45, 7) is 0. The number of carbonyl (C=O) groups is 3. The minimum Gasteiger partial charge on any atom is -0.469 e. The van der Waals surface area contributed by atoms with Gasteiger partial charge in [0.2, 0.25) is 0 Å². The van der Waals surface area contributed by atoms with Gasteiger partial charge >= 0.3 is 18.1 Å². The highest BCUT2D eigenvalue weighted by molar-refractivity contribution is 6.03. The van der Waals surface area contributed by atoms with Gasteiger partial charge in [0.25, 0.3) is 0 Å². The molecular formula is C13H12F3NO4. The zero-order valence-corrected chi connectivity index (χ0v) is 10.9. The van der Waals surface area contributed by atoms with Gasteiger partial charge in [-0.2, -0.15) is 13.2 Å². The topological polar surface area (TPSA) is 72.5 Å². The van der Waals surface area contributed by atoms with Crippen molar-refractivity contribution >= 4 is 17.7 Å². The minimum atomic E-state index is -5.15. The predicted octanol–water partition coefficient (Wildman–Crippen LogP) is 1.48. The first-order valence-corrected chi connectivity index (χ1v) is 5.79. The smallest absolute Gasteiger partial charge is 0.469 e. The average Bonchev–Trinajstić information content (AvgIpc) is 2.45. The summed E-state index contributed by atoms with van der Waals surface area (Å²) in [7, 11) is 1.03. The number of alkyl halides is 3. The molecule has 5 nitrogen and oxygen atoms in total. The van der Waals surface area contributed by atoms with Gasteiger partial charge in [-0.15, -0.1) is 0 Å². The van der Waals surface area contributed by atoms with Crippen molar-refractivity contribution in [3.05, 3.63) is 35.9 Å². The first-order valence-electron chi connectivity index (χ1n) is 5.79. The lowest BCUT2D eigenvalue weighted by molar-refractivity contribution is -0.174. The predicted molar refractivity (Wildman–Crippen MR) is 65.4 cm³/mol. The van der Waals surface area contributed by atoms with E-state index in [1.54, 1.807) is 6.07 Å². The van der Waals surface area contributed by atoms with Gasteiger partial charge in [0, 0.05) is 5.56 Å². The molecule has 0 bridgehead atoms. The van der Waals surface area contributed by atoms with E-state index in [0.717, 1.165) is 7.11 Å². The lowest BCUT2D eigenvalue weighted by Gasteiger charge is -2.17. The van der Waals surface area contributed by atoms with Crippen LogP contribution in [0.25, 0.3) is 0 Å². The van der Waals surface area contributed by atoms with E-state index < -0.39 is 36.3 Å². The van der Waals surface area contributed by atoms with Crippen molar-refractivity contribution < 1.29 is 32.3 Å². The van der Waals surface area contributed by atoms with E-state index in [2.05, 4.69) is 4.74 Å². The third kappa shape index (κ3) is 4.90. The number of nitrogens with one attached hydrogen (secondary N) is 1. The summed E-state index contributed by atoms with van der Waals surface area (Å²) in [5, 5.41) is 1.51. The van der Waals surface area contributed by atoms with Crippen LogP contribution in [0.4, 0.5) is 13.2 Å². The molecule has 1 amide bonds. The van der Waals surface area contributed by atoms with Crippen molar-refractivity contribution in [2.24, 2.45) is 0 Å². The maximum atomic E-state index is 12.3. The summed E-state index contributed by atoms with van der Waals surface area (Å²) in [5.41, 5.74) is 0.0777. The standard InChI is InChI=1S/C13H12F3NO4/c1-21-10(18)7-9(17-12(20)13(14,15)16)11(19)8-5-3-2-4-6-8/h2-6,9H,7H2,1H3,(H,17,20)/t9-/m1/s1. The summed E-state index contributed by atoms with van der Waals surface area (Å²) < 4.78 is 41.1. The molecule has 0 aliphatic rings. The third-order valence-corrected chi connectivity index (χ3v) is 2.54. The van der Waals surface area contributed by atoms with E-state index in [9.17, 15) is 27.6 Å². The number of hydrogen-bond donors (Lipinski definition) is 1. The first-order chi connectivity index (χ1) is 9.75. The molecule has 0 radical (unpaired) electrons. The Labute approximate surface area is 118 Å². The fourth-order valence-corrected chi connectivity index (χ4v) is 1.50. The molecule has 0 saturated carbocycles. The monoisotopic (exact) mass is 303 g/mol. The van der Waals surface area contributed by atoms with Gasteiger partial charge in [-0.25, -0.2) is 0 Å². The number of carbonyl (C=O) groups excluding carboxylic acids is 3. The number of halogens is 3. The van der Waals surface area contributed by atoms with Crippen LogP contribution in [0.2, 0.25) is 0 Å². The minimum absolute atomic E-state index is 0.0777. The normalized spacial score (nSPS) is 12.4. The summed E-state index contributed by atoms with van der Waals surface area (Å²) in [5.74, 6) is -4.01. The second-order valence-corrected chi connectivity index (χ2v) is 4.03. The molecular weight excluding hydrogens is 291 g/mol. The Balaban J connectivity index is 2.94. The van der Waals surface area contributed by atoms with Gasteiger partial charge in [0.15, 0.2) is 5.78 Å². The number of esters is 1. The molecule has 0 aliphatic carbocycles. The van der Waals surface area contributed by atoms with Crippen molar-refractivity contribution in [3.63, 3.8) is 0 Å². The maximum absolute atomic E-state index is 12.3. The van der Waals surface area contributed by atoms with Gasteiger partial charge in [-0.1, -0.05) is 30.3 Å². The van der Waals surface area contributed by atoms with Crippen LogP contribution >= 0.6 is 0 Å². The summed E-state index contributed by atoms with van der Waals surface area (Å²) >= 11 is 0. The Morgan fingerprint density at radius 2 is 1.76 bits per heavy atom. The molecule has 8 heteroatoms. The van der Waals surface area contributed by atoms with Crippen LogP contribution in [-0.4, -0.2) is 37.0 Å². The number of amides is 1. The lowest BCUT2D eigenvalue weighted by atomic mass is 10.0. The molecule has 0 fully saturated rings. The molecule has 0 unspecified atom stereocenters. The van der Waals surface area contributed by atoms with Crippen LogP contribution in [0.5, 0.6) is 0 Å². The quantitative estimate of drug-likeness (QED) is 0.660. The Morgan fingerprint density at radius 1 is 1.19 bits per heavy atom. The number of Topliss-reactive ketones (excluding diaryl/α,β-unsaturated/α-hetero) is 1. The van der Waals surface area contributed by atoms with E-state index in [1.165, 1.54) is 29.6 Å². The van der Waals surface area contributed by atoms with Gasteiger partial charge in [-0.3, -0.25) is 14.4 Å². The first kappa shape index (κ1) is 16.7. The third-order valence-electron chi connectivity index (χ3n) is 2.54. The molecule has 21 heavy (non-hydrogen) atoms. The molecule has 0 aromatic heterocycles. The van der Waals surface area contributed by atoms with E-state index in [-0.39, 0.29) is 5.56 Å². The van der Waals surface area contributed by atoms with Crippen molar-refractivity contribution in [3.8, 4) is 0 Å². The second kappa shape index (κ2) is 6.87. The Morgan fingerprint density at radius 3 is 2.24 bits per heavy atom. The molecule has 1 N–H and O–H groups in total. The molecule has 0 saturated heterocycles. The largest absolute Gasteiger partial charge is 0.471 e. The summed E-state index contributed by atoms with van der Waals surface area (Å²) in [6.07, 6.45) is -5.84. The number of hydrogen-bond acceptors (Lipinski definition) is 4. The van der Waals surface area contributed by atoms with Crippen LogP contribution in [0, 0.1) is 0 Å². The van der Waals surface area contributed by atoms with Gasteiger partial charge in [0.05, 0.1) is 13.5 Å². The zero-order chi connectivity index (χ0) is 16.0. The Bertz CT molecular complexity index is 528. The molecule has 1 aromatic rings. The highest BCUT2D eigenvalue weighted by Crippen LogP contribution is 2.16. The number of methoxy groups -OCH3 is 1. The SMILES string of the molecule is COC(=O)C[C@@H](NC(=O)C(F)(F)F)C(=O)c1ccccc1. The molecule has 0 spiro atoms. The second-order valence-electron chi connectivity index (χ2n) is 4.03.